The number of aliphatic hydroxyl groups is 1. The highest BCUT2D eigenvalue weighted by Crippen LogP contribution is 2.37. The highest BCUT2D eigenvalue weighted by Gasteiger charge is 2.24. The van der Waals surface area contributed by atoms with Gasteiger partial charge in [-0.3, -0.25) is 0 Å². The van der Waals surface area contributed by atoms with Crippen LogP contribution in [0.1, 0.15) is 16.9 Å². The Morgan fingerprint density at radius 3 is 3.24 bits per heavy atom. The van der Waals surface area contributed by atoms with Crippen LogP contribution in [0.2, 0.25) is 5.15 Å². The highest BCUT2D eigenvalue weighted by atomic mass is 35.5. The van der Waals surface area contributed by atoms with Crippen LogP contribution in [-0.4, -0.2) is 27.8 Å². The van der Waals surface area contributed by atoms with Crippen LogP contribution in [0.25, 0.3) is 10.2 Å². The Labute approximate surface area is 107 Å². The van der Waals surface area contributed by atoms with Gasteiger partial charge in [0.05, 0.1) is 18.1 Å². The van der Waals surface area contributed by atoms with E-state index in [-0.39, 0.29) is 12.7 Å². The zero-order valence-electron chi connectivity index (χ0n) is 9.02. The fraction of sp³-hybridized carbons (Fsp3) is 0.455. The molecular weight excluding hydrogens is 260 g/mol. The molecule has 0 spiro atoms. The minimum absolute atomic E-state index is 0.0709. The number of fused-ring (bicyclic) bond motifs is 3. The molecule has 0 radical (unpaired) electrons. The first-order valence-electron chi connectivity index (χ1n) is 5.43. The molecule has 3 rings (SSSR count). The largest absolute Gasteiger partial charge is 0.396 e. The molecule has 0 aliphatic carbocycles. The summed E-state index contributed by atoms with van der Waals surface area (Å²) in [7, 11) is 0. The van der Waals surface area contributed by atoms with Crippen molar-refractivity contribution >= 4 is 33.2 Å². The van der Waals surface area contributed by atoms with E-state index < -0.39 is 0 Å². The predicted octanol–water partition coefficient (Wildman–Crippen LogP) is 2.17. The number of ether oxygens (including phenoxy) is 1. The topological polar surface area (TPSA) is 55.2 Å². The maximum atomic E-state index is 8.96. The lowest BCUT2D eigenvalue weighted by molar-refractivity contribution is 0.0157. The molecule has 2 aromatic heterocycles. The lowest BCUT2D eigenvalue weighted by Gasteiger charge is -2.22. The molecule has 2 aromatic rings. The van der Waals surface area contributed by atoms with Crippen molar-refractivity contribution in [2.45, 2.75) is 25.6 Å². The van der Waals surface area contributed by atoms with E-state index in [4.69, 9.17) is 21.4 Å². The molecule has 3 heterocycles. The van der Waals surface area contributed by atoms with E-state index in [9.17, 15) is 0 Å². The maximum Gasteiger partial charge on any atom is 0.141 e. The molecule has 90 valence electrons. The highest BCUT2D eigenvalue weighted by molar-refractivity contribution is 7.18. The molecule has 1 atom stereocenters. The molecule has 0 saturated heterocycles. The summed E-state index contributed by atoms with van der Waals surface area (Å²) in [6.07, 6.45) is 2.99. The summed E-state index contributed by atoms with van der Waals surface area (Å²) in [4.78, 5) is 10.4. The normalized spacial score (nSPS) is 19.5. The van der Waals surface area contributed by atoms with Gasteiger partial charge in [0.1, 0.15) is 16.3 Å². The van der Waals surface area contributed by atoms with Crippen LogP contribution < -0.4 is 0 Å². The number of nitrogens with zero attached hydrogens (tertiary/aromatic N) is 2. The lowest BCUT2D eigenvalue weighted by Crippen LogP contribution is -2.22. The van der Waals surface area contributed by atoms with E-state index in [2.05, 4.69) is 9.97 Å². The molecule has 1 aliphatic heterocycles. The number of halogens is 1. The average Bonchev–Trinajstić information content (AvgIpc) is 2.68. The average molecular weight is 271 g/mol. The first-order valence-corrected chi connectivity index (χ1v) is 6.62. The molecule has 17 heavy (non-hydrogen) atoms. The zero-order chi connectivity index (χ0) is 11.8. The Morgan fingerprint density at radius 1 is 1.53 bits per heavy atom. The van der Waals surface area contributed by atoms with E-state index in [0.29, 0.717) is 18.2 Å². The van der Waals surface area contributed by atoms with E-state index in [1.54, 1.807) is 11.3 Å². The van der Waals surface area contributed by atoms with Crippen molar-refractivity contribution in [1.29, 1.82) is 0 Å². The Kier molecular flexibility index (Phi) is 3.00. The third-order valence-electron chi connectivity index (χ3n) is 2.96. The Hall–Kier alpha value is -0.750. The zero-order valence-corrected chi connectivity index (χ0v) is 10.6. The molecule has 0 aromatic carbocycles. The van der Waals surface area contributed by atoms with Crippen LogP contribution in [0.15, 0.2) is 6.33 Å². The van der Waals surface area contributed by atoms with Gasteiger partial charge in [0, 0.05) is 17.9 Å². The maximum absolute atomic E-state index is 8.96. The predicted molar refractivity (Wildman–Crippen MR) is 66.4 cm³/mol. The van der Waals surface area contributed by atoms with Gasteiger partial charge in [0.15, 0.2) is 0 Å². The van der Waals surface area contributed by atoms with Crippen LogP contribution in [0.4, 0.5) is 0 Å². The van der Waals surface area contributed by atoms with Crippen molar-refractivity contribution in [3.63, 3.8) is 0 Å². The van der Waals surface area contributed by atoms with Gasteiger partial charge in [-0.2, -0.15) is 0 Å². The third kappa shape index (κ3) is 1.93. The van der Waals surface area contributed by atoms with Gasteiger partial charge in [-0.25, -0.2) is 9.97 Å². The molecule has 6 heteroatoms. The second kappa shape index (κ2) is 4.49. The van der Waals surface area contributed by atoms with Gasteiger partial charge < -0.3 is 9.84 Å². The van der Waals surface area contributed by atoms with Gasteiger partial charge in [-0.15, -0.1) is 11.3 Å². The van der Waals surface area contributed by atoms with E-state index >= 15 is 0 Å². The van der Waals surface area contributed by atoms with Gasteiger partial charge in [0.2, 0.25) is 0 Å². The SMILES string of the molecule is OCCC1Cc2c(sc3ncnc(Cl)c23)CO1. The van der Waals surface area contributed by atoms with Crippen LogP contribution in [0.3, 0.4) is 0 Å². The molecule has 0 saturated carbocycles. The fourth-order valence-corrected chi connectivity index (χ4v) is 3.53. The third-order valence-corrected chi connectivity index (χ3v) is 4.36. The minimum atomic E-state index is 0.0709. The summed E-state index contributed by atoms with van der Waals surface area (Å²) in [6.45, 7) is 0.726. The smallest absolute Gasteiger partial charge is 0.141 e. The van der Waals surface area contributed by atoms with Crippen molar-refractivity contribution < 1.29 is 9.84 Å². The molecule has 0 amide bonds. The van der Waals surface area contributed by atoms with E-state index in [1.807, 2.05) is 0 Å². The van der Waals surface area contributed by atoms with Crippen molar-refractivity contribution in [3.05, 3.63) is 21.9 Å². The second-order valence-electron chi connectivity index (χ2n) is 4.00. The Morgan fingerprint density at radius 2 is 2.41 bits per heavy atom. The van der Waals surface area contributed by atoms with Crippen LogP contribution in [-0.2, 0) is 17.8 Å². The van der Waals surface area contributed by atoms with Gasteiger partial charge in [0.25, 0.3) is 0 Å². The monoisotopic (exact) mass is 270 g/mol. The molecule has 1 N–H and O–H groups in total. The molecule has 4 nitrogen and oxygen atoms in total. The number of aromatic nitrogens is 2. The molecular formula is C11H11ClN2O2S. The molecule has 0 bridgehead atoms. The summed E-state index contributed by atoms with van der Waals surface area (Å²) in [6, 6.07) is 0. The minimum Gasteiger partial charge on any atom is -0.396 e. The first kappa shape index (κ1) is 11.3. The van der Waals surface area contributed by atoms with Crippen molar-refractivity contribution in [3.8, 4) is 0 Å². The number of hydrogen-bond acceptors (Lipinski definition) is 5. The molecule has 1 unspecified atom stereocenters. The van der Waals surface area contributed by atoms with Gasteiger partial charge in [-0.05, 0) is 12.0 Å². The number of rotatable bonds is 2. The van der Waals surface area contributed by atoms with Crippen molar-refractivity contribution in [2.24, 2.45) is 0 Å². The van der Waals surface area contributed by atoms with E-state index in [0.717, 1.165) is 16.6 Å². The summed E-state index contributed by atoms with van der Waals surface area (Å²) in [5.74, 6) is 0. The number of thiophene rings is 1. The van der Waals surface area contributed by atoms with Crippen LogP contribution >= 0.6 is 22.9 Å². The number of hydrogen-bond donors (Lipinski definition) is 1. The summed E-state index contributed by atoms with van der Waals surface area (Å²) in [5, 5.41) is 10.4. The van der Waals surface area contributed by atoms with Crippen LogP contribution in [0.5, 0.6) is 0 Å². The standard InChI is InChI=1S/C11H11ClN2O2S/c12-10-9-7-3-6(1-2-15)16-4-8(7)17-11(9)14-5-13-10/h5-6,15H,1-4H2. The summed E-state index contributed by atoms with van der Waals surface area (Å²) >= 11 is 7.74. The first-order chi connectivity index (χ1) is 8.29. The molecule has 0 fully saturated rings. The van der Waals surface area contributed by atoms with Gasteiger partial charge >= 0.3 is 0 Å². The number of aliphatic hydroxyl groups excluding tert-OH is 1. The quantitative estimate of drug-likeness (QED) is 0.850. The van der Waals surface area contributed by atoms with Crippen LogP contribution in [0, 0.1) is 0 Å². The Bertz CT molecular complexity index is 558. The molecule has 1 aliphatic rings. The van der Waals surface area contributed by atoms with Crippen molar-refractivity contribution in [2.75, 3.05) is 6.61 Å². The second-order valence-corrected chi connectivity index (χ2v) is 5.44. The fourth-order valence-electron chi connectivity index (χ4n) is 2.14. The van der Waals surface area contributed by atoms with Crippen molar-refractivity contribution in [1.82, 2.24) is 9.97 Å². The summed E-state index contributed by atoms with van der Waals surface area (Å²) < 4.78 is 5.67. The summed E-state index contributed by atoms with van der Waals surface area (Å²) in [5.41, 5.74) is 1.19. The van der Waals surface area contributed by atoms with Gasteiger partial charge in [-0.1, -0.05) is 11.6 Å². The lowest BCUT2D eigenvalue weighted by atomic mass is 10.0. The van der Waals surface area contributed by atoms with E-state index in [1.165, 1.54) is 16.8 Å². The Balaban J connectivity index is 2.08.